The lowest BCUT2D eigenvalue weighted by Gasteiger charge is -2.31. The largest absolute Gasteiger partial charge is 0.373 e. The molecule has 1 heterocycles. The molecule has 16 heavy (non-hydrogen) atoms. The summed E-state index contributed by atoms with van der Waals surface area (Å²) in [6, 6.07) is 4.49. The zero-order valence-corrected chi connectivity index (χ0v) is 9.79. The topological polar surface area (TPSA) is 35.2 Å². The summed E-state index contributed by atoms with van der Waals surface area (Å²) in [6.45, 7) is 4.71. The van der Waals surface area contributed by atoms with Crippen LogP contribution in [0.5, 0.6) is 0 Å². The van der Waals surface area contributed by atoms with Crippen molar-refractivity contribution in [2.45, 2.75) is 38.3 Å². The van der Waals surface area contributed by atoms with Gasteiger partial charge in [0.1, 0.15) is 5.82 Å². The van der Waals surface area contributed by atoms with Crippen molar-refractivity contribution in [3.8, 4) is 0 Å². The number of aryl methyl sites for hydroxylation is 1. The first kappa shape index (κ1) is 11.6. The summed E-state index contributed by atoms with van der Waals surface area (Å²) in [5, 5.41) is 0. The molecule has 1 aliphatic rings. The number of halogens is 1. The van der Waals surface area contributed by atoms with Gasteiger partial charge in [0, 0.05) is 6.61 Å². The van der Waals surface area contributed by atoms with E-state index in [1.165, 1.54) is 12.1 Å². The fourth-order valence-electron chi connectivity index (χ4n) is 2.32. The van der Waals surface area contributed by atoms with E-state index >= 15 is 0 Å². The van der Waals surface area contributed by atoms with Gasteiger partial charge in [0.05, 0.1) is 11.6 Å². The van der Waals surface area contributed by atoms with Crippen LogP contribution in [-0.2, 0) is 4.74 Å². The Bertz CT molecular complexity index is 386. The van der Waals surface area contributed by atoms with E-state index in [0.717, 1.165) is 30.6 Å². The highest BCUT2D eigenvalue weighted by Gasteiger charge is 2.37. The van der Waals surface area contributed by atoms with Gasteiger partial charge >= 0.3 is 0 Å². The molecule has 2 nitrogen and oxygen atoms in total. The van der Waals surface area contributed by atoms with E-state index < -0.39 is 0 Å². The van der Waals surface area contributed by atoms with Crippen LogP contribution in [0.4, 0.5) is 4.39 Å². The van der Waals surface area contributed by atoms with Crippen LogP contribution in [0, 0.1) is 12.7 Å². The van der Waals surface area contributed by atoms with Gasteiger partial charge in [0.15, 0.2) is 0 Å². The lowest BCUT2D eigenvalue weighted by atomic mass is 9.86. The third-order valence-electron chi connectivity index (χ3n) is 3.48. The highest BCUT2D eigenvalue weighted by molar-refractivity contribution is 5.31. The average molecular weight is 223 g/mol. The van der Waals surface area contributed by atoms with E-state index in [2.05, 4.69) is 0 Å². The molecule has 1 aromatic rings. The Hall–Kier alpha value is -0.930. The standard InChI is InChI=1S/C13H18FNO/c1-9-4-5-10(14)8-11(9)12(15)13(2)6-3-7-16-13/h4-5,8,12H,3,6-7,15H2,1-2H3. The van der Waals surface area contributed by atoms with E-state index in [0.29, 0.717) is 0 Å². The molecule has 0 saturated carbocycles. The minimum atomic E-state index is -0.349. The minimum absolute atomic E-state index is 0.238. The van der Waals surface area contributed by atoms with Gasteiger partial charge in [-0.25, -0.2) is 4.39 Å². The van der Waals surface area contributed by atoms with Crippen LogP contribution in [0.3, 0.4) is 0 Å². The number of hydrogen-bond donors (Lipinski definition) is 1. The summed E-state index contributed by atoms with van der Waals surface area (Å²) < 4.78 is 18.9. The first-order chi connectivity index (χ1) is 7.53. The third kappa shape index (κ3) is 1.97. The summed E-state index contributed by atoms with van der Waals surface area (Å²) in [7, 11) is 0. The molecule has 2 N–H and O–H groups in total. The second-order valence-electron chi connectivity index (χ2n) is 4.74. The average Bonchev–Trinajstić information content (AvgIpc) is 2.69. The third-order valence-corrected chi connectivity index (χ3v) is 3.48. The van der Waals surface area contributed by atoms with Crippen LogP contribution in [0.25, 0.3) is 0 Å². The molecule has 88 valence electrons. The van der Waals surface area contributed by atoms with Gasteiger partial charge in [0.2, 0.25) is 0 Å². The normalized spacial score (nSPS) is 27.0. The van der Waals surface area contributed by atoms with Gasteiger partial charge in [0.25, 0.3) is 0 Å². The fraction of sp³-hybridized carbons (Fsp3) is 0.538. The summed E-state index contributed by atoms with van der Waals surface area (Å²) in [5.41, 5.74) is 7.73. The van der Waals surface area contributed by atoms with Crippen molar-refractivity contribution in [1.29, 1.82) is 0 Å². The SMILES string of the molecule is Cc1ccc(F)cc1C(N)C1(C)CCCO1. The van der Waals surface area contributed by atoms with E-state index in [-0.39, 0.29) is 17.5 Å². The van der Waals surface area contributed by atoms with Gasteiger partial charge < -0.3 is 10.5 Å². The van der Waals surface area contributed by atoms with Crippen molar-refractivity contribution >= 4 is 0 Å². The molecular weight excluding hydrogens is 205 g/mol. The second kappa shape index (κ2) is 4.15. The molecule has 0 spiro atoms. The van der Waals surface area contributed by atoms with E-state index in [1.807, 2.05) is 13.8 Å². The number of hydrogen-bond acceptors (Lipinski definition) is 2. The summed E-state index contributed by atoms with van der Waals surface area (Å²) in [5.74, 6) is -0.238. The molecular formula is C13H18FNO. The fourth-order valence-corrected chi connectivity index (χ4v) is 2.32. The maximum atomic E-state index is 13.2. The Morgan fingerprint density at radius 2 is 2.25 bits per heavy atom. The number of nitrogens with two attached hydrogens (primary N) is 1. The first-order valence-electron chi connectivity index (χ1n) is 5.68. The molecule has 1 fully saturated rings. The summed E-state index contributed by atoms with van der Waals surface area (Å²) in [4.78, 5) is 0. The highest BCUT2D eigenvalue weighted by Crippen LogP contribution is 2.36. The Morgan fingerprint density at radius 3 is 2.88 bits per heavy atom. The van der Waals surface area contributed by atoms with E-state index in [9.17, 15) is 4.39 Å². The van der Waals surface area contributed by atoms with Crippen molar-refractivity contribution < 1.29 is 9.13 Å². The molecule has 0 bridgehead atoms. The van der Waals surface area contributed by atoms with Crippen molar-refractivity contribution in [3.05, 3.63) is 35.1 Å². The Labute approximate surface area is 95.6 Å². The molecule has 0 radical (unpaired) electrons. The van der Waals surface area contributed by atoms with Crippen molar-refractivity contribution in [1.82, 2.24) is 0 Å². The van der Waals surface area contributed by atoms with Crippen LogP contribution in [0.2, 0.25) is 0 Å². The second-order valence-corrected chi connectivity index (χ2v) is 4.74. The van der Waals surface area contributed by atoms with E-state index in [1.54, 1.807) is 6.07 Å². The first-order valence-corrected chi connectivity index (χ1v) is 5.68. The Morgan fingerprint density at radius 1 is 1.50 bits per heavy atom. The quantitative estimate of drug-likeness (QED) is 0.836. The van der Waals surface area contributed by atoms with Gasteiger partial charge in [-0.2, -0.15) is 0 Å². The maximum Gasteiger partial charge on any atom is 0.123 e. The van der Waals surface area contributed by atoms with Crippen LogP contribution in [-0.4, -0.2) is 12.2 Å². The Balaban J connectivity index is 2.32. The molecule has 3 heteroatoms. The lowest BCUT2D eigenvalue weighted by Crippen LogP contribution is -2.38. The summed E-state index contributed by atoms with van der Waals surface area (Å²) >= 11 is 0. The zero-order chi connectivity index (χ0) is 11.8. The van der Waals surface area contributed by atoms with Gasteiger partial charge in [-0.05, 0) is 49.9 Å². The molecule has 2 rings (SSSR count). The summed E-state index contributed by atoms with van der Waals surface area (Å²) in [6.07, 6.45) is 1.96. The lowest BCUT2D eigenvalue weighted by molar-refractivity contribution is -0.00194. The molecule has 2 unspecified atom stereocenters. The van der Waals surface area contributed by atoms with Crippen molar-refractivity contribution in [2.75, 3.05) is 6.61 Å². The molecule has 1 aromatic carbocycles. The smallest absolute Gasteiger partial charge is 0.123 e. The molecule has 1 aliphatic heterocycles. The van der Waals surface area contributed by atoms with Crippen LogP contribution in [0.1, 0.15) is 36.9 Å². The maximum absolute atomic E-state index is 13.2. The van der Waals surface area contributed by atoms with Crippen molar-refractivity contribution in [2.24, 2.45) is 5.73 Å². The predicted octanol–water partition coefficient (Wildman–Crippen LogP) is 2.70. The highest BCUT2D eigenvalue weighted by atomic mass is 19.1. The van der Waals surface area contributed by atoms with Crippen LogP contribution in [0.15, 0.2) is 18.2 Å². The Kier molecular flexibility index (Phi) is 3.00. The van der Waals surface area contributed by atoms with Crippen molar-refractivity contribution in [3.63, 3.8) is 0 Å². The minimum Gasteiger partial charge on any atom is -0.373 e. The van der Waals surface area contributed by atoms with Gasteiger partial charge in [-0.15, -0.1) is 0 Å². The zero-order valence-electron chi connectivity index (χ0n) is 9.79. The van der Waals surface area contributed by atoms with E-state index in [4.69, 9.17) is 10.5 Å². The number of ether oxygens (including phenoxy) is 1. The van der Waals surface area contributed by atoms with Gasteiger partial charge in [-0.3, -0.25) is 0 Å². The van der Waals surface area contributed by atoms with Crippen LogP contribution < -0.4 is 5.73 Å². The monoisotopic (exact) mass is 223 g/mol. The number of benzene rings is 1. The molecule has 2 atom stereocenters. The number of rotatable bonds is 2. The molecule has 0 amide bonds. The predicted molar refractivity (Wildman–Crippen MR) is 61.7 cm³/mol. The van der Waals surface area contributed by atoms with Crippen LogP contribution >= 0.6 is 0 Å². The molecule has 0 aliphatic carbocycles. The van der Waals surface area contributed by atoms with Gasteiger partial charge in [-0.1, -0.05) is 6.07 Å². The molecule has 0 aromatic heterocycles. The molecule has 1 saturated heterocycles.